The third kappa shape index (κ3) is 5.40. The van der Waals surface area contributed by atoms with E-state index in [0.29, 0.717) is 41.9 Å². The summed E-state index contributed by atoms with van der Waals surface area (Å²) in [6, 6.07) is 5.89. The average molecular weight is 650 g/mol. The monoisotopic (exact) mass is 649 g/mol. The first-order valence-corrected chi connectivity index (χ1v) is 15.1. The van der Waals surface area contributed by atoms with Crippen molar-refractivity contribution in [2.75, 3.05) is 6.54 Å². The highest BCUT2D eigenvalue weighted by molar-refractivity contribution is 7.24. The molecule has 41 heavy (non-hydrogen) atoms. The highest BCUT2D eigenvalue weighted by Gasteiger charge is 2.65. The van der Waals surface area contributed by atoms with Gasteiger partial charge >= 0.3 is 6.18 Å². The summed E-state index contributed by atoms with van der Waals surface area (Å²) in [5.41, 5.74) is -4.38. The van der Waals surface area contributed by atoms with Gasteiger partial charge in [-0.05, 0) is 55.9 Å². The number of nitriles is 1. The van der Waals surface area contributed by atoms with Crippen LogP contribution in [0, 0.1) is 11.3 Å². The predicted molar refractivity (Wildman–Crippen MR) is 155 cm³/mol. The van der Waals surface area contributed by atoms with Gasteiger partial charge < -0.3 is 4.90 Å². The lowest BCUT2D eigenvalue weighted by molar-refractivity contribution is -0.201. The fourth-order valence-corrected chi connectivity index (χ4v) is 6.65. The van der Waals surface area contributed by atoms with Gasteiger partial charge in [0.05, 0.1) is 33.4 Å². The van der Waals surface area contributed by atoms with Crippen molar-refractivity contribution in [2.24, 2.45) is 0 Å². The molecule has 2 heterocycles. The van der Waals surface area contributed by atoms with Gasteiger partial charge in [-0.1, -0.05) is 46.0 Å². The van der Waals surface area contributed by atoms with Crippen molar-refractivity contribution >= 4 is 47.3 Å². The van der Waals surface area contributed by atoms with Crippen LogP contribution in [-0.2, 0) is 18.0 Å². The number of thiophene rings is 1. The number of nitrogens with zero attached hydrogens (tertiary/aromatic N) is 5. The van der Waals surface area contributed by atoms with Crippen molar-refractivity contribution < 1.29 is 26.7 Å². The summed E-state index contributed by atoms with van der Waals surface area (Å²) < 4.78 is 71.7. The van der Waals surface area contributed by atoms with Crippen LogP contribution < -0.4 is 0 Å². The summed E-state index contributed by atoms with van der Waals surface area (Å²) >= 11 is 7.77. The second-order valence-electron chi connectivity index (χ2n) is 9.79. The predicted octanol–water partition coefficient (Wildman–Crippen LogP) is 7.39. The smallest absolute Gasteiger partial charge is 0.320 e. The molecular weight excluding hydrogens is 623 g/mol. The van der Waals surface area contributed by atoms with Gasteiger partial charge in [0.2, 0.25) is 0 Å². The Balaban J connectivity index is 1.75. The van der Waals surface area contributed by atoms with Crippen molar-refractivity contribution in [1.29, 1.82) is 5.26 Å². The van der Waals surface area contributed by atoms with E-state index in [4.69, 9.17) is 11.6 Å². The zero-order valence-electron chi connectivity index (χ0n) is 22.3. The van der Waals surface area contributed by atoms with Crippen LogP contribution in [0.5, 0.6) is 0 Å². The highest BCUT2D eigenvalue weighted by Crippen LogP contribution is 2.59. The van der Waals surface area contributed by atoms with E-state index in [0.717, 1.165) is 26.2 Å². The van der Waals surface area contributed by atoms with Crippen LogP contribution in [0.3, 0.4) is 0 Å². The molecule has 3 aromatic rings. The minimum atomic E-state index is -5.30. The molecule has 1 amide bonds. The molecule has 3 unspecified atom stereocenters. The third-order valence-corrected chi connectivity index (χ3v) is 10.7. The van der Waals surface area contributed by atoms with Crippen LogP contribution in [0.15, 0.2) is 24.4 Å². The van der Waals surface area contributed by atoms with E-state index in [-0.39, 0.29) is 28.6 Å². The van der Waals surface area contributed by atoms with Gasteiger partial charge in [-0.3, -0.25) is 4.79 Å². The van der Waals surface area contributed by atoms with Crippen LogP contribution in [0.1, 0.15) is 60.0 Å². The Morgan fingerprint density at radius 1 is 1.17 bits per heavy atom. The molecule has 2 aromatic heterocycles. The molecule has 220 valence electrons. The van der Waals surface area contributed by atoms with E-state index in [1.807, 2.05) is 13.8 Å². The lowest BCUT2D eigenvalue weighted by Gasteiger charge is -2.37. The zero-order chi connectivity index (χ0) is 30.5. The lowest BCUT2D eigenvalue weighted by Crippen LogP contribution is -2.48. The number of aryl methyl sites for hydroxylation is 2. The second-order valence-corrected chi connectivity index (χ2v) is 12.9. The average Bonchev–Trinajstić information content (AvgIpc) is 3.32. The summed E-state index contributed by atoms with van der Waals surface area (Å²) in [5, 5.41) is 14.1. The Kier molecular flexibility index (Phi) is 8.63. The SMILES string of the molecule is CCc1cc(C(P)(C(F)(F)F)C(F)(F)P)cc(Cl)c1-n1cc(-c2cc(C(=O)N(CC)C3(C#N)CC3)c(CC)s2)nn1. The van der Waals surface area contributed by atoms with E-state index in [9.17, 15) is 32.0 Å². The van der Waals surface area contributed by atoms with Crippen molar-refractivity contribution in [3.8, 4) is 22.3 Å². The Labute approximate surface area is 247 Å². The van der Waals surface area contributed by atoms with Gasteiger partial charge in [-0.2, -0.15) is 18.4 Å². The van der Waals surface area contributed by atoms with E-state index in [1.54, 1.807) is 17.9 Å². The molecule has 1 aliphatic carbocycles. The molecule has 1 fully saturated rings. The molecule has 4 rings (SSSR count). The van der Waals surface area contributed by atoms with Gasteiger partial charge in [0.15, 0.2) is 5.16 Å². The molecule has 0 saturated heterocycles. The third-order valence-electron chi connectivity index (χ3n) is 7.30. The minimum Gasteiger partial charge on any atom is -0.320 e. The molecule has 0 N–H and O–H groups in total. The van der Waals surface area contributed by atoms with Crippen LogP contribution in [0.2, 0.25) is 5.02 Å². The molecule has 1 saturated carbocycles. The number of carbonyl (C=O) groups is 1. The Hall–Kier alpha value is -2.18. The maximum atomic E-state index is 14.3. The van der Waals surface area contributed by atoms with Crippen LogP contribution in [0.25, 0.3) is 16.3 Å². The van der Waals surface area contributed by atoms with Crippen LogP contribution >= 0.6 is 41.4 Å². The number of alkyl halides is 5. The maximum absolute atomic E-state index is 14.3. The normalized spacial score (nSPS) is 16.2. The first kappa shape index (κ1) is 31.7. The van der Waals surface area contributed by atoms with Crippen LogP contribution in [-0.4, -0.2) is 49.7 Å². The Morgan fingerprint density at radius 2 is 1.83 bits per heavy atom. The highest BCUT2D eigenvalue weighted by atomic mass is 35.5. The fourth-order valence-electron chi connectivity index (χ4n) is 4.79. The molecule has 1 aromatic carbocycles. The molecule has 0 radical (unpaired) electrons. The molecule has 1 aliphatic rings. The summed E-state index contributed by atoms with van der Waals surface area (Å²) in [4.78, 5) is 16.5. The van der Waals surface area contributed by atoms with Crippen molar-refractivity contribution in [3.63, 3.8) is 0 Å². The molecule has 15 heteroatoms. The molecule has 0 spiro atoms. The molecule has 6 nitrogen and oxygen atoms in total. The fraction of sp³-hybridized carbons (Fsp3) is 0.462. The Morgan fingerprint density at radius 3 is 2.32 bits per heavy atom. The number of hydrogen-bond acceptors (Lipinski definition) is 5. The number of rotatable bonds is 9. The van der Waals surface area contributed by atoms with Crippen molar-refractivity contribution in [1.82, 2.24) is 19.9 Å². The maximum Gasteiger partial charge on any atom is 0.407 e. The summed E-state index contributed by atoms with van der Waals surface area (Å²) in [6.45, 7) is 5.79. The van der Waals surface area contributed by atoms with E-state index >= 15 is 0 Å². The van der Waals surface area contributed by atoms with E-state index < -0.39 is 28.1 Å². The minimum absolute atomic E-state index is 0.171. The standard InChI is InChI=1S/C26H27ClF5N5OP2S/c1-4-14-9-15(24(39,25(28,29)30)26(31,32)40)10-17(27)21(14)37-12-18(34-35-37)20-11-16(19(5-2)41-20)22(38)36(6-3)23(13-33)7-8-23/h9-12H,4-8,39-40H2,1-3H3. The van der Waals surface area contributed by atoms with E-state index in [2.05, 4.69) is 16.4 Å². The molecule has 3 atom stereocenters. The first-order valence-electron chi connectivity index (χ1n) is 12.7. The van der Waals surface area contributed by atoms with E-state index in [1.165, 1.54) is 31.5 Å². The van der Waals surface area contributed by atoms with Gasteiger partial charge in [-0.15, -0.1) is 25.7 Å². The van der Waals surface area contributed by atoms with Gasteiger partial charge in [0.1, 0.15) is 11.2 Å². The second kappa shape index (κ2) is 11.1. The lowest BCUT2D eigenvalue weighted by atomic mass is 9.93. The number of amides is 1. The summed E-state index contributed by atoms with van der Waals surface area (Å²) in [7, 11) is 2.23. The van der Waals surface area contributed by atoms with Gasteiger partial charge in [0, 0.05) is 11.4 Å². The molecular formula is C26H27ClF5N5OP2S. The number of hydrogen-bond donors (Lipinski definition) is 0. The summed E-state index contributed by atoms with van der Waals surface area (Å²) in [5.74, 6) is -0.235. The quantitative estimate of drug-likeness (QED) is 0.179. The first-order chi connectivity index (χ1) is 19.1. The largest absolute Gasteiger partial charge is 0.407 e. The van der Waals surface area contributed by atoms with Crippen LogP contribution in [0.4, 0.5) is 22.0 Å². The topological polar surface area (TPSA) is 74.8 Å². The van der Waals surface area contributed by atoms with Gasteiger partial charge in [-0.25, -0.2) is 13.5 Å². The summed E-state index contributed by atoms with van der Waals surface area (Å²) in [6.07, 6.45) is -1.78. The Bertz CT molecular complexity index is 1510. The number of aromatic nitrogens is 3. The zero-order valence-corrected chi connectivity index (χ0v) is 26.2. The molecule has 0 aliphatic heterocycles. The van der Waals surface area contributed by atoms with Crippen molar-refractivity contribution in [2.45, 2.75) is 69.0 Å². The van der Waals surface area contributed by atoms with Gasteiger partial charge in [0.25, 0.3) is 11.6 Å². The number of halogens is 6. The number of benzene rings is 1. The molecule has 0 bridgehead atoms. The van der Waals surface area contributed by atoms with Crippen molar-refractivity contribution in [3.05, 3.63) is 51.0 Å². The number of carbonyl (C=O) groups excluding carboxylic acids is 1.